The first-order chi connectivity index (χ1) is 12.9. The number of hydrogen-bond acceptors (Lipinski definition) is 5. The number of carbonyl (C=O) groups excluding carboxylic acids is 3. The molecule has 7 heteroatoms. The minimum Gasteiger partial charge on any atom is -0.452 e. The van der Waals surface area contributed by atoms with Crippen LogP contribution < -0.4 is 10.6 Å². The molecule has 0 aliphatic rings. The average Bonchev–Trinajstić information content (AvgIpc) is 2.65. The van der Waals surface area contributed by atoms with Gasteiger partial charge >= 0.3 is 5.97 Å². The second kappa shape index (κ2) is 9.47. The van der Waals surface area contributed by atoms with Crippen LogP contribution in [0.2, 0.25) is 0 Å². The van der Waals surface area contributed by atoms with E-state index in [0.29, 0.717) is 23.7 Å². The minimum atomic E-state index is -0.638. The summed E-state index contributed by atoms with van der Waals surface area (Å²) >= 11 is 0. The van der Waals surface area contributed by atoms with Crippen LogP contribution in [0.3, 0.4) is 0 Å². The molecule has 0 atom stereocenters. The summed E-state index contributed by atoms with van der Waals surface area (Å²) in [6.45, 7) is 5.85. The molecule has 0 fully saturated rings. The topological polar surface area (TPSA) is 97.4 Å². The van der Waals surface area contributed by atoms with E-state index in [-0.39, 0.29) is 11.5 Å². The van der Waals surface area contributed by atoms with E-state index in [1.165, 1.54) is 6.20 Å². The zero-order chi connectivity index (χ0) is 19.8. The number of nitrogens with zero attached hydrogens (tertiary/aromatic N) is 1. The number of esters is 1. The molecule has 27 heavy (non-hydrogen) atoms. The molecular weight excluding hydrogens is 346 g/mol. The van der Waals surface area contributed by atoms with Gasteiger partial charge in [-0.15, -0.1) is 0 Å². The van der Waals surface area contributed by atoms with E-state index >= 15 is 0 Å². The van der Waals surface area contributed by atoms with Gasteiger partial charge in [-0.1, -0.05) is 26.0 Å². The predicted molar refractivity (Wildman–Crippen MR) is 101 cm³/mol. The summed E-state index contributed by atoms with van der Waals surface area (Å²) in [6, 6.07) is 9.92. The van der Waals surface area contributed by atoms with Gasteiger partial charge in [-0.25, -0.2) is 4.79 Å². The number of pyridine rings is 1. The first-order valence-electron chi connectivity index (χ1n) is 8.63. The minimum absolute atomic E-state index is 0.266. The van der Waals surface area contributed by atoms with Crippen molar-refractivity contribution in [1.29, 1.82) is 0 Å². The summed E-state index contributed by atoms with van der Waals surface area (Å²) in [7, 11) is 0. The third-order valence-electron chi connectivity index (χ3n) is 3.60. The van der Waals surface area contributed by atoms with Gasteiger partial charge in [0.2, 0.25) is 0 Å². The van der Waals surface area contributed by atoms with Crippen LogP contribution in [0.15, 0.2) is 42.6 Å². The Balaban J connectivity index is 1.94. The number of nitrogens with one attached hydrogen (secondary N) is 2. The predicted octanol–water partition coefficient (Wildman–Crippen LogP) is 2.57. The Bertz CT molecular complexity index is 816. The molecule has 7 nitrogen and oxygen atoms in total. The molecule has 0 unspecified atom stereocenters. The van der Waals surface area contributed by atoms with Gasteiger partial charge in [0, 0.05) is 18.4 Å². The SMILES string of the molecule is Cc1ccc(C(=O)OCC(=O)Nc2ccccc2C(=O)NCC(C)C)cn1. The Morgan fingerprint density at radius 2 is 1.85 bits per heavy atom. The third-order valence-corrected chi connectivity index (χ3v) is 3.60. The Kier molecular flexibility index (Phi) is 7.05. The van der Waals surface area contributed by atoms with Crippen LogP contribution in [0, 0.1) is 12.8 Å². The van der Waals surface area contributed by atoms with Gasteiger partial charge in [0.15, 0.2) is 6.61 Å². The Labute approximate surface area is 158 Å². The van der Waals surface area contributed by atoms with E-state index in [1.54, 1.807) is 43.3 Å². The number of amides is 2. The van der Waals surface area contributed by atoms with Gasteiger partial charge < -0.3 is 15.4 Å². The fourth-order valence-corrected chi connectivity index (χ4v) is 2.17. The molecule has 1 aromatic heterocycles. The third kappa shape index (κ3) is 6.22. The maximum absolute atomic E-state index is 12.3. The maximum Gasteiger partial charge on any atom is 0.340 e. The fraction of sp³-hybridized carbons (Fsp3) is 0.300. The van der Waals surface area contributed by atoms with Crippen molar-refractivity contribution in [2.45, 2.75) is 20.8 Å². The molecule has 0 saturated carbocycles. The van der Waals surface area contributed by atoms with Crippen LogP contribution in [0.25, 0.3) is 0 Å². The highest BCUT2D eigenvalue weighted by Gasteiger charge is 2.15. The summed E-state index contributed by atoms with van der Waals surface area (Å²) in [5, 5.41) is 5.41. The molecule has 1 aromatic carbocycles. The van der Waals surface area contributed by atoms with Crippen molar-refractivity contribution >= 4 is 23.5 Å². The highest BCUT2D eigenvalue weighted by atomic mass is 16.5. The van der Waals surface area contributed by atoms with Gasteiger partial charge in [-0.05, 0) is 37.1 Å². The van der Waals surface area contributed by atoms with Gasteiger partial charge in [-0.3, -0.25) is 14.6 Å². The van der Waals surface area contributed by atoms with E-state index < -0.39 is 18.5 Å². The molecule has 0 spiro atoms. The van der Waals surface area contributed by atoms with Gasteiger partial charge in [0.1, 0.15) is 0 Å². The van der Waals surface area contributed by atoms with E-state index in [9.17, 15) is 14.4 Å². The molecule has 0 saturated heterocycles. The van der Waals surface area contributed by atoms with E-state index in [0.717, 1.165) is 5.69 Å². The lowest BCUT2D eigenvalue weighted by Crippen LogP contribution is -2.29. The van der Waals surface area contributed by atoms with Crippen molar-refractivity contribution in [3.05, 3.63) is 59.4 Å². The standard InChI is InChI=1S/C20H23N3O4/c1-13(2)10-22-19(25)16-6-4-5-7-17(16)23-18(24)12-27-20(26)15-9-8-14(3)21-11-15/h4-9,11,13H,10,12H2,1-3H3,(H,22,25)(H,23,24). The number of hydrogen-bond donors (Lipinski definition) is 2. The molecule has 2 amide bonds. The van der Waals surface area contributed by atoms with Crippen molar-refractivity contribution in [2.75, 3.05) is 18.5 Å². The molecule has 0 aliphatic carbocycles. The van der Waals surface area contributed by atoms with Crippen LogP contribution in [0.1, 0.15) is 40.3 Å². The lowest BCUT2D eigenvalue weighted by atomic mass is 10.1. The Hall–Kier alpha value is -3.22. The van der Waals surface area contributed by atoms with Crippen molar-refractivity contribution in [3.8, 4) is 0 Å². The maximum atomic E-state index is 12.3. The van der Waals surface area contributed by atoms with E-state index in [4.69, 9.17) is 4.74 Å². The van der Waals surface area contributed by atoms with Crippen molar-refractivity contribution in [3.63, 3.8) is 0 Å². The summed E-state index contributed by atoms with van der Waals surface area (Å²) in [5.41, 5.74) is 1.75. The van der Waals surface area contributed by atoms with Crippen molar-refractivity contribution in [1.82, 2.24) is 10.3 Å². The van der Waals surface area contributed by atoms with Crippen LogP contribution >= 0.6 is 0 Å². The molecule has 0 bridgehead atoms. The zero-order valence-electron chi connectivity index (χ0n) is 15.6. The molecule has 142 valence electrons. The molecule has 2 rings (SSSR count). The number of para-hydroxylation sites is 1. The molecule has 0 aliphatic heterocycles. The average molecular weight is 369 g/mol. The first-order valence-corrected chi connectivity index (χ1v) is 8.63. The van der Waals surface area contributed by atoms with Crippen LogP contribution in [-0.2, 0) is 9.53 Å². The first kappa shape index (κ1) is 20.1. The molecule has 2 N–H and O–H groups in total. The number of benzene rings is 1. The quantitative estimate of drug-likeness (QED) is 0.731. The number of rotatable bonds is 7. The summed E-state index contributed by atoms with van der Waals surface area (Å²) in [4.78, 5) is 40.3. The monoisotopic (exact) mass is 369 g/mol. The zero-order valence-corrected chi connectivity index (χ0v) is 15.6. The summed E-state index contributed by atoms with van der Waals surface area (Å²) in [6.07, 6.45) is 1.39. The lowest BCUT2D eigenvalue weighted by molar-refractivity contribution is -0.119. The van der Waals surface area contributed by atoms with Gasteiger partial charge in [-0.2, -0.15) is 0 Å². The molecule has 1 heterocycles. The number of aromatic nitrogens is 1. The highest BCUT2D eigenvalue weighted by Crippen LogP contribution is 2.15. The van der Waals surface area contributed by atoms with Crippen LogP contribution in [0.4, 0.5) is 5.69 Å². The normalized spacial score (nSPS) is 10.4. The largest absolute Gasteiger partial charge is 0.452 e. The highest BCUT2D eigenvalue weighted by molar-refractivity contribution is 6.04. The number of aryl methyl sites for hydroxylation is 1. The number of ether oxygens (including phenoxy) is 1. The van der Waals surface area contributed by atoms with Crippen molar-refractivity contribution < 1.29 is 19.1 Å². The molecule has 2 aromatic rings. The van der Waals surface area contributed by atoms with E-state index in [2.05, 4.69) is 15.6 Å². The Morgan fingerprint density at radius 3 is 2.52 bits per heavy atom. The smallest absolute Gasteiger partial charge is 0.340 e. The van der Waals surface area contributed by atoms with Gasteiger partial charge in [0.05, 0.1) is 16.8 Å². The fourth-order valence-electron chi connectivity index (χ4n) is 2.17. The van der Waals surface area contributed by atoms with Gasteiger partial charge in [0.25, 0.3) is 11.8 Å². The lowest BCUT2D eigenvalue weighted by Gasteiger charge is -2.12. The molecular formula is C20H23N3O4. The number of carbonyl (C=O) groups is 3. The molecule has 0 radical (unpaired) electrons. The summed E-state index contributed by atoms with van der Waals surface area (Å²) < 4.78 is 4.99. The van der Waals surface area contributed by atoms with E-state index in [1.807, 2.05) is 13.8 Å². The van der Waals surface area contributed by atoms with Crippen LogP contribution in [-0.4, -0.2) is 35.9 Å². The summed E-state index contributed by atoms with van der Waals surface area (Å²) in [5.74, 6) is -1.14. The number of anilines is 1. The second-order valence-electron chi connectivity index (χ2n) is 6.46. The van der Waals surface area contributed by atoms with Crippen LogP contribution in [0.5, 0.6) is 0 Å². The van der Waals surface area contributed by atoms with Crippen molar-refractivity contribution in [2.24, 2.45) is 5.92 Å². The Morgan fingerprint density at radius 1 is 1.11 bits per heavy atom. The second-order valence-corrected chi connectivity index (χ2v) is 6.46.